The quantitative estimate of drug-likeness (QED) is 0.103. The number of benzene rings is 7. The molecular weight excluding hydrogens is 673 g/mol. The van der Waals surface area contributed by atoms with Gasteiger partial charge in [-0.25, -0.2) is 9.80 Å². The van der Waals surface area contributed by atoms with Crippen LogP contribution in [0.25, 0.3) is 65.3 Å². The van der Waals surface area contributed by atoms with Crippen LogP contribution in [0.4, 0.5) is 11.4 Å². The van der Waals surface area contributed by atoms with Crippen LogP contribution in [0, 0.1) is 0 Å². The first-order valence-electron chi connectivity index (χ1n) is 17.5. The van der Waals surface area contributed by atoms with Crippen LogP contribution in [-0.4, -0.2) is 33.6 Å². The predicted octanol–water partition coefficient (Wildman–Crippen LogP) is 9.46. The normalized spacial score (nSPS) is 14.0. The van der Waals surface area contributed by atoms with Gasteiger partial charge in [0.15, 0.2) is 0 Å². The summed E-state index contributed by atoms with van der Waals surface area (Å²) in [5, 5.41) is 6.18. The molecular formula is C46H24N4O4. The van der Waals surface area contributed by atoms with Crippen molar-refractivity contribution < 1.29 is 19.2 Å². The van der Waals surface area contributed by atoms with E-state index < -0.39 is 23.6 Å². The smallest absolute Gasteiger partial charge is 0.265 e. The minimum absolute atomic E-state index is 0.394. The monoisotopic (exact) mass is 696 g/mol. The molecule has 4 heterocycles. The Labute approximate surface area is 306 Å². The van der Waals surface area contributed by atoms with Gasteiger partial charge >= 0.3 is 0 Å². The van der Waals surface area contributed by atoms with Crippen LogP contribution in [0.2, 0.25) is 0 Å². The fraction of sp³-hybridized carbons (Fsp3) is 0. The maximum Gasteiger partial charge on any atom is 0.265 e. The molecule has 0 radical (unpaired) electrons. The van der Waals surface area contributed by atoms with E-state index in [-0.39, 0.29) is 0 Å². The Morgan fingerprint density at radius 2 is 0.574 bits per heavy atom. The molecule has 0 spiro atoms. The molecule has 8 nitrogen and oxygen atoms in total. The molecule has 9 aromatic rings. The summed E-state index contributed by atoms with van der Waals surface area (Å²) in [5.74, 6) is -1.58. The largest absolute Gasteiger partial charge is 0.268 e. The SMILES string of the molecule is O=C1c2ccc3c4ccc5c6c(ccc(c7ccc(c2c37)C(=O)N1c1ccc(-c2ccncc2)cc1)c64)C(=O)N(c1ccc(-c2ccncc2)cc1)C5=O. The van der Waals surface area contributed by atoms with Crippen molar-refractivity contribution in [2.75, 3.05) is 9.80 Å². The van der Waals surface area contributed by atoms with E-state index in [1.165, 1.54) is 9.80 Å². The Morgan fingerprint density at radius 1 is 0.296 bits per heavy atom. The number of imide groups is 2. The van der Waals surface area contributed by atoms with Crippen molar-refractivity contribution in [3.8, 4) is 22.3 Å². The molecule has 8 heteroatoms. The molecule has 0 aliphatic carbocycles. The van der Waals surface area contributed by atoms with Crippen molar-refractivity contribution in [2.24, 2.45) is 0 Å². The lowest BCUT2D eigenvalue weighted by Gasteiger charge is -2.30. The first-order valence-corrected chi connectivity index (χ1v) is 17.5. The molecule has 0 saturated heterocycles. The zero-order valence-electron chi connectivity index (χ0n) is 28.3. The lowest BCUT2D eigenvalue weighted by Crippen LogP contribution is -2.40. The van der Waals surface area contributed by atoms with Crippen molar-refractivity contribution in [2.45, 2.75) is 0 Å². The van der Waals surface area contributed by atoms with E-state index in [0.717, 1.165) is 54.6 Å². The third-order valence-electron chi connectivity index (χ3n) is 10.9. The second-order valence-corrected chi connectivity index (χ2v) is 13.6. The molecule has 0 unspecified atom stereocenters. The van der Waals surface area contributed by atoms with Crippen LogP contribution < -0.4 is 9.80 Å². The van der Waals surface area contributed by atoms with Crippen LogP contribution in [0.1, 0.15) is 41.4 Å². The van der Waals surface area contributed by atoms with Gasteiger partial charge in [0.2, 0.25) is 0 Å². The number of hydrogen-bond acceptors (Lipinski definition) is 6. The Bertz CT molecular complexity index is 2770. The first-order chi connectivity index (χ1) is 26.5. The maximum atomic E-state index is 14.2. The number of fused-ring (bicyclic) bond motifs is 2. The number of pyridine rings is 2. The molecule has 54 heavy (non-hydrogen) atoms. The molecule has 0 bridgehead atoms. The number of anilines is 2. The minimum atomic E-state index is -0.394. The van der Waals surface area contributed by atoms with Crippen molar-refractivity contribution >= 4 is 78.1 Å². The van der Waals surface area contributed by atoms with Gasteiger partial charge in [0, 0.05) is 57.8 Å². The lowest BCUT2D eigenvalue weighted by atomic mass is 9.82. The summed E-state index contributed by atoms with van der Waals surface area (Å²) in [6.45, 7) is 0. The van der Waals surface area contributed by atoms with Crippen LogP contribution >= 0.6 is 0 Å². The summed E-state index contributed by atoms with van der Waals surface area (Å²) in [4.78, 5) is 67.4. The van der Waals surface area contributed by atoms with Gasteiger partial charge in [-0.3, -0.25) is 29.1 Å². The fourth-order valence-corrected chi connectivity index (χ4v) is 8.43. The van der Waals surface area contributed by atoms with E-state index in [0.29, 0.717) is 44.4 Å². The van der Waals surface area contributed by atoms with Crippen LogP contribution in [0.5, 0.6) is 0 Å². The Morgan fingerprint density at radius 3 is 0.870 bits per heavy atom. The van der Waals surface area contributed by atoms with E-state index in [2.05, 4.69) is 9.97 Å². The Hall–Kier alpha value is -7.58. The summed E-state index contributed by atoms with van der Waals surface area (Å²) in [7, 11) is 0. The van der Waals surface area contributed by atoms with Crippen LogP contribution in [-0.2, 0) is 0 Å². The number of aromatic nitrogens is 2. The van der Waals surface area contributed by atoms with Crippen molar-refractivity contribution in [3.63, 3.8) is 0 Å². The molecule has 0 saturated carbocycles. The van der Waals surface area contributed by atoms with Crippen LogP contribution in [0.15, 0.2) is 146 Å². The highest BCUT2D eigenvalue weighted by Crippen LogP contribution is 2.47. The van der Waals surface area contributed by atoms with E-state index in [1.54, 1.807) is 73.3 Å². The number of carbonyl (C=O) groups excluding carboxylic acids is 4. The zero-order chi connectivity index (χ0) is 36.2. The molecule has 252 valence electrons. The number of rotatable bonds is 4. The third-order valence-corrected chi connectivity index (χ3v) is 10.9. The number of nitrogens with zero attached hydrogens (tertiary/aromatic N) is 4. The third kappa shape index (κ3) is 4.02. The van der Waals surface area contributed by atoms with Gasteiger partial charge in [0.05, 0.1) is 11.4 Å². The van der Waals surface area contributed by atoms with Gasteiger partial charge in [-0.15, -0.1) is 0 Å². The van der Waals surface area contributed by atoms with Gasteiger partial charge in [-0.05, 0) is 127 Å². The van der Waals surface area contributed by atoms with E-state index in [4.69, 9.17) is 0 Å². The summed E-state index contributed by atoms with van der Waals surface area (Å²) in [6.07, 6.45) is 6.89. The van der Waals surface area contributed by atoms with Gasteiger partial charge in [-0.2, -0.15) is 0 Å². The standard InChI is InChI=1S/C46H24N4O4/c51-43-35-13-9-31-33-11-15-37-42-38(46(54)50(45(37)53)30-7-3-26(4-8-30)28-19-23-48-24-20-28)16-12-34(40(33)42)32-10-14-36(41(35)39(31)32)44(52)49(43)29-5-1-25(2-6-29)27-17-21-47-22-18-27/h1-24H. The molecule has 11 rings (SSSR count). The highest BCUT2D eigenvalue weighted by atomic mass is 16.2. The summed E-state index contributed by atoms with van der Waals surface area (Å²) < 4.78 is 0. The maximum absolute atomic E-state index is 14.2. The molecule has 0 fully saturated rings. The Balaban J connectivity index is 1.03. The number of amides is 4. The molecule has 0 N–H and O–H groups in total. The van der Waals surface area contributed by atoms with E-state index in [1.807, 2.05) is 72.8 Å². The van der Waals surface area contributed by atoms with Gasteiger partial charge in [0.25, 0.3) is 23.6 Å². The second kappa shape index (κ2) is 11.0. The fourth-order valence-electron chi connectivity index (χ4n) is 8.43. The average Bonchev–Trinajstić information content (AvgIpc) is 3.22. The summed E-state index contributed by atoms with van der Waals surface area (Å²) in [6, 6.07) is 37.2. The molecule has 2 aromatic heterocycles. The summed E-state index contributed by atoms with van der Waals surface area (Å²) >= 11 is 0. The van der Waals surface area contributed by atoms with Crippen molar-refractivity contribution in [1.29, 1.82) is 0 Å². The molecule has 7 aromatic carbocycles. The average molecular weight is 697 g/mol. The highest BCUT2D eigenvalue weighted by Gasteiger charge is 2.38. The number of hydrogen-bond donors (Lipinski definition) is 0. The van der Waals surface area contributed by atoms with Crippen molar-refractivity contribution in [3.05, 3.63) is 168 Å². The lowest BCUT2D eigenvalue weighted by molar-refractivity contribution is 0.0877. The van der Waals surface area contributed by atoms with Gasteiger partial charge in [0.1, 0.15) is 0 Å². The zero-order valence-corrected chi connectivity index (χ0v) is 28.3. The van der Waals surface area contributed by atoms with E-state index in [9.17, 15) is 19.2 Å². The van der Waals surface area contributed by atoms with Gasteiger partial charge < -0.3 is 0 Å². The molecule has 4 amide bonds. The summed E-state index contributed by atoms with van der Waals surface area (Å²) in [5.41, 5.74) is 6.58. The minimum Gasteiger partial charge on any atom is -0.268 e. The van der Waals surface area contributed by atoms with Crippen molar-refractivity contribution in [1.82, 2.24) is 9.97 Å². The predicted molar refractivity (Wildman–Crippen MR) is 209 cm³/mol. The highest BCUT2D eigenvalue weighted by molar-refractivity contribution is 6.45. The topological polar surface area (TPSA) is 101 Å². The number of carbonyl (C=O) groups is 4. The first kappa shape index (κ1) is 30.1. The van der Waals surface area contributed by atoms with E-state index >= 15 is 0 Å². The molecule has 0 atom stereocenters. The Kier molecular flexibility index (Phi) is 6.11. The van der Waals surface area contributed by atoms with Gasteiger partial charge in [-0.1, -0.05) is 48.5 Å². The second-order valence-electron chi connectivity index (χ2n) is 13.6. The van der Waals surface area contributed by atoms with Crippen LogP contribution in [0.3, 0.4) is 0 Å². The molecule has 2 aliphatic heterocycles. The molecule has 2 aliphatic rings.